The number of fused-ring (bicyclic) bond motifs is 1. The molecule has 1 amide bonds. The van der Waals surface area contributed by atoms with Gasteiger partial charge in [0.2, 0.25) is 0 Å². The molecule has 7 heteroatoms. The van der Waals surface area contributed by atoms with Crippen LogP contribution in [-0.2, 0) is 13.0 Å². The number of halogens is 1. The standard InChI is InChI=1S/C31H29ClN4OS/c1-2-17-38-25-14-15-29-27(20-25)34-30(36(29)21-23-11-8-12-24(32)18-23)28(19-22-9-4-3-5-10-22)35-31(37)26-13-6-7-16-33-26/h3-16,18,20,28H,2,17,19,21H2,1H3,(H,35,37). The van der Waals surface area contributed by atoms with Gasteiger partial charge in [-0.2, -0.15) is 0 Å². The lowest BCUT2D eigenvalue weighted by molar-refractivity contribution is 0.0929. The molecular weight excluding hydrogens is 512 g/mol. The Kier molecular flexibility index (Phi) is 8.41. The summed E-state index contributed by atoms with van der Waals surface area (Å²) in [6.07, 6.45) is 3.33. The Labute approximate surface area is 232 Å². The van der Waals surface area contributed by atoms with Crippen LogP contribution in [0.25, 0.3) is 11.0 Å². The van der Waals surface area contributed by atoms with E-state index >= 15 is 0 Å². The number of hydrogen-bond acceptors (Lipinski definition) is 4. The van der Waals surface area contributed by atoms with E-state index in [0.29, 0.717) is 23.7 Å². The van der Waals surface area contributed by atoms with E-state index in [0.717, 1.165) is 40.2 Å². The van der Waals surface area contributed by atoms with Crippen molar-refractivity contribution in [1.29, 1.82) is 0 Å². The number of nitrogens with one attached hydrogen (secondary N) is 1. The van der Waals surface area contributed by atoms with Crippen molar-refractivity contribution >= 4 is 40.3 Å². The molecule has 1 N–H and O–H groups in total. The van der Waals surface area contributed by atoms with Gasteiger partial charge in [0, 0.05) is 22.7 Å². The van der Waals surface area contributed by atoms with Gasteiger partial charge in [-0.15, -0.1) is 11.8 Å². The molecule has 0 bridgehead atoms. The molecule has 2 aromatic heterocycles. The molecule has 0 spiro atoms. The number of thioether (sulfide) groups is 1. The molecular formula is C31H29ClN4OS. The molecule has 5 nitrogen and oxygen atoms in total. The van der Waals surface area contributed by atoms with E-state index < -0.39 is 0 Å². The van der Waals surface area contributed by atoms with E-state index in [2.05, 4.69) is 58.2 Å². The molecule has 0 aliphatic rings. The van der Waals surface area contributed by atoms with Crippen molar-refractivity contribution < 1.29 is 4.79 Å². The molecule has 2 heterocycles. The number of carbonyl (C=O) groups is 1. The Balaban J connectivity index is 1.60. The Morgan fingerprint density at radius 1 is 0.974 bits per heavy atom. The Hall–Kier alpha value is -3.61. The topological polar surface area (TPSA) is 59.8 Å². The number of nitrogens with zero attached hydrogens (tertiary/aromatic N) is 3. The van der Waals surface area contributed by atoms with Crippen LogP contribution < -0.4 is 5.32 Å². The number of rotatable bonds is 10. The number of benzene rings is 3. The summed E-state index contributed by atoms with van der Waals surface area (Å²) in [5.74, 6) is 1.62. The molecule has 0 aliphatic heterocycles. The quantitative estimate of drug-likeness (QED) is 0.188. The zero-order chi connectivity index (χ0) is 26.3. The highest BCUT2D eigenvalue weighted by atomic mass is 35.5. The first-order chi connectivity index (χ1) is 18.6. The van der Waals surface area contributed by atoms with Crippen LogP contribution in [0.3, 0.4) is 0 Å². The van der Waals surface area contributed by atoms with Crippen LogP contribution in [-0.4, -0.2) is 26.2 Å². The maximum Gasteiger partial charge on any atom is 0.270 e. The van der Waals surface area contributed by atoms with E-state index in [1.807, 2.05) is 54.2 Å². The van der Waals surface area contributed by atoms with Gasteiger partial charge < -0.3 is 9.88 Å². The summed E-state index contributed by atoms with van der Waals surface area (Å²) in [5.41, 5.74) is 4.48. The van der Waals surface area contributed by atoms with Crippen LogP contribution in [0.5, 0.6) is 0 Å². The van der Waals surface area contributed by atoms with E-state index in [4.69, 9.17) is 16.6 Å². The van der Waals surface area contributed by atoms with Gasteiger partial charge in [-0.3, -0.25) is 9.78 Å². The highest BCUT2D eigenvalue weighted by Gasteiger charge is 2.24. The van der Waals surface area contributed by atoms with Crippen molar-refractivity contribution in [2.24, 2.45) is 0 Å². The van der Waals surface area contributed by atoms with Gasteiger partial charge in [-0.1, -0.05) is 67.1 Å². The van der Waals surface area contributed by atoms with Crippen molar-refractivity contribution in [3.8, 4) is 0 Å². The van der Waals surface area contributed by atoms with Crippen LogP contribution in [0.15, 0.2) is 102 Å². The average molecular weight is 541 g/mol. The Morgan fingerprint density at radius 2 is 1.79 bits per heavy atom. The summed E-state index contributed by atoms with van der Waals surface area (Å²) in [6.45, 7) is 2.76. The fraction of sp³-hybridized carbons (Fsp3) is 0.194. The molecule has 5 aromatic rings. The summed E-state index contributed by atoms with van der Waals surface area (Å²) in [5, 5.41) is 3.92. The minimum Gasteiger partial charge on any atom is -0.340 e. The molecule has 3 aromatic carbocycles. The lowest BCUT2D eigenvalue weighted by Gasteiger charge is -2.20. The molecule has 0 radical (unpaired) electrons. The van der Waals surface area contributed by atoms with E-state index in [1.165, 1.54) is 4.90 Å². The monoisotopic (exact) mass is 540 g/mol. The van der Waals surface area contributed by atoms with E-state index in [1.54, 1.807) is 18.3 Å². The summed E-state index contributed by atoms with van der Waals surface area (Å²) >= 11 is 8.16. The van der Waals surface area contributed by atoms with Crippen LogP contribution in [0.1, 0.15) is 46.8 Å². The van der Waals surface area contributed by atoms with E-state index in [-0.39, 0.29) is 11.9 Å². The highest BCUT2D eigenvalue weighted by Crippen LogP contribution is 2.29. The zero-order valence-corrected chi connectivity index (χ0v) is 22.8. The lowest BCUT2D eigenvalue weighted by Crippen LogP contribution is -2.32. The minimum atomic E-state index is -0.370. The minimum absolute atomic E-state index is 0.230. The molecule has 5 rings (SSSR count). The van der Waals surface area contributed by atoms with Crippen LogP contribution in [0.4, 0.5) is 0 Å². The van der Waals surface area contributed by atoms with Gasteiger partial charge in [0.25, 0.3) is 5.91 Å². The third-order valence-electron chi connectivity index (χ3n) is 6.25. The Morgan fingerprint density at radius 3 is 2.55 bits per heavy atom. The molecule has 0 saturated heterocycles. The van der Waals surface area contributed by atoms with Gasteiger partial charge in [-0.05, 0) is 72.2 Å². The van der Waals surface area contributed by atoms with Crippen LogP contribution >= 0.6 is 23.4 Å². The number of imidazole rings is 1. The van der Waals surface area contributed by atoms with Crippen molar-refractivity contribution in [3.63, 3.8) is 0 Å². The average Bonchev–Trinajstić information content (AvgIpc) is 3.30. The molecule has 0 saturated carbocycles. The molecule has 1 unspecified atom stereocenters. The van der Waals surface area contributed by atoms with Crippen LogP contribution in [0, 0.1) is 0 Å². The fourth-order valence-electron chi connectivity index (χ4n) is 4.47. The second-order valence-corrected chi connectivity index (χ2v) is 10.7. The van der Waals surface area contributed by atoms with Crippen LogP contribution in [0.2, 0.25) is 5.02 Å². The molecule has 0 aliphatic carbocycles. The van der Waals surface area contributed by atoms with Crippen molar-refractivity contribution in [1.82, 2.24) is 19.9 Å². The smallest absolute Gasteiger partial charge is 0.270 e. The van der Waals surface area contributed by atoms with Gasteiger partial charge in [-0.25, -0.2) is 4.98 Å². The number of pyridine rings is 1. The summed E-state index contributed by atoms with van der Waals surface area (Å²) in [6, 6.07) is 29.4. The van der Waals surface area contributed by atoms with Gasteiger partial charge in [0.15, 0.2) is 0 Å². The van der Waals surface area contributed by atoms with Crippen molar-refractivity contribution in [2.75, 3.05) is 5.75 Å². The number of amides is 1. The predicted molar refractivity (Wildman–Crippen MR) is 156 cm³/mol. The molecule has 192 valence electrons. The first-order valence-electron chi connectivity index (χ1n) is 12.7. The summed E-state index contributed by atoms with van der Waals surface area (Å²) in [4.78, 5) is 23.9. The van der Waals surface area contributed by atoms with Gasteiger partial charge in [0.05, 0.1) is 17.1 Å². The fourth-order valence-corrected chi connectivity index (χ4v) is 5.49. The molecule has 1 atom stereocenters. The first-order valence-corrected chi connectivity index (χ1v) is 14.1. The van der Waals surface area contributed by atoms with Gasteiger partial charge >= 0.3 is 0 Å². The molecule has 0 fully saturated rings. The second-order valence-electron chi connectivity index (χ2n) is 9.12. The summed E-state index contributed by atoms with van der Waals surface area (Å²) in [7, 11) is 0. The normalized spacial score (nSPS) is 11.9. The number of aromatic nitrogens is 3. The Bertz CT molecular complexity index is 1520. The molecule has 38 heavy (non-hydrogen) atoms. The summed E-state index contributed by atoms with van der Waals surface area (Å²) < 4.78 is 2.20. The van der Waals surface area contributed by atoms with E-state index in [9.17, 15) is 4.79 Å². The third-order valence-corrected chi connectivity index (χ3v) is 7.68. The maximum absolute atomic E-state index is 13.3. The second kappa shape index (κ2) is 12.3. The highest BCUT2D eigenvalue weighted by molar-refractivity contribution is 7.99. The predicted octanol–water partition coefficient (Wildman–Crippen LogP) is 7.35. The van der Waals surface area contributed by atoms with Crippen molar-refractivity contribution in [2.45, 2.75) is 37.2 Å². The largest absolute Gasteiger partial charge is 0.340 e. The van der Waals surface area contributed by atoms with Crippen molar-refractivity contribution in [3.05, 3.63) is 125 Å². The zero-order valence-electron chi connectivity index (χ0n) is 21.2. The number of hydrogen-bond donors (Lipinski definition) is 1. The third kappa shape index (κ3) is 6.26. The SMILES string of the molecule is CCCSc1ccc2c(c1)nc(C(Cc1ccccc1)NC(=O)c1ccccn1)n2Cc1cccc(Cl)c1. The number of carbonyl (C=O) groups excluding carboxylic acids is 1. The van der Waals surface area contributed by atoms with Gasteiger partial charge in [0.1, 0.15) is 11.5 Å². The first kappa shape index (κ1) is 26.0. The maximum atomic E-state index is 13.3. The lowest BCUT2D eigenvalue weighted by atomic mass is 10.0.